The number of benzene rings is 1. The Morgan fingerprint density at radius 3 is 2.54 bits per heavy atom. The summed E-state index contributed by atoms with van der Waals surface area (Å²) in [6.45, 7) is 1.88. The average molecular weight is 386 g/mol. The third-order valence-electron chi connectivity index (χ3n) is 4.41. The second-order valence-corrected chi connectivity index (χ2v) is 8.57. The van der Waals surface area contributed by atoms with Crippen LogP contribution in [0.4, 0.5) is 13.6 Å². The van der Waals surface area contributed by atoms with E-state index in [0.717, 1.165) is 17.2 Å². The fraction of sp³-hybridized carbons (Fsp3) is 0.500. The number of amides is 2. The summed E-state index contributed by atoms with van der Waals surface area (Å²) in [6, 6.07) is 7.79. The molecular formula is C18H24F2N2O3S. The molecule has 0 radical (unpaired) electrons. The smallest absolute Gasteiger partial charge is 0.318 e. The maximum absolute atomic E-state index is 13.2. The summed E-state index contributed by atoms with van der Waals surface area (Å²) in [5.41, 5.74) is 0.812. The van der Waals surface area contributed by atoms with Crippen LogP contribution >= 0.6 is 0 Å². The lowest BCUT2D eigenvalue weighted by Gasteiger charge is -2.40. The van der Waals surface area contributed by atoms with Gasteiger partial charge in [0.05, 0.1) is 6.04 Å². The number of likely N-dealkylation sites (tertiary alicyclic amines) is 1. The van der Waals surface area contributed by atoms with Gasteiger partial charge in [-0.1, -0.05) is 36.4 Å². The highest BCUT2D eigenvalue weighted by Crippen LogP contribution is 2.36. The Hall–Kier alpha value is -1.96. The summed E-state index contributed by atoms with van der Waals surface area (Å²) < 4.78 is 48.7. The Bertz CT molecular complexity index is 738. The molecule has 0 saturated carbocycles. The fourth-order valence-corrected chi connectivity index (χ4v) is 3.56. The Kier molecular flexibility index (Phi) is 6.75. The number of carbonyl (C=O) groups is 1. The normalized spacial score (nSPS) is 22.6. The predicted molar refractivity (Wildman–Crippen MR) is 96.6 cm³/mol. The molecule has 0 bridgehead atoms. The van der Waals surface area contributed by atoms with E-state index in [1.54, 1.807) is 11.8 Å². The third-order valence-corrected chi connectivity index (χ3v) is 5.06. The van der Waals surface area contributed by atoms with Crippen molar-refractivity contribution in [3.63, 3.8) is 0 Å². The van der Waals surface area contributed by atoms with Gasteiger partial charge in [0.2, 0.25) is 6.43 Å². The van der Waals surface area contributed by atoms with Crippen molar-refractivity contribution < 1.29 is 22.0 Å². The highest BCUT2D eigenvalue weighted by molar-refractivity contribution is 7.93. The van der Waals surface area contributed by atoms with Gasteiger partial charge in [0.1, 0.15) is 0 Å². The topological polar surface area (TPSA) is 66.5 Å². The maximum atomic E-state index is 13.2. The standard InChI is InChI=1S/C18H24F2N2O3S/c1-13(9-11-26(2,24)25)21-18(23)22-10-8-15(17(19)20)12-16(22)14-6-4-3-5-7-14/h3-7,9,11,13,15-17H,8,10,12H2,1-2H3,(H,21,23)/b11-9+/t13?,15-,16+/m1/s1. The zero-order valence-electron chi connectivity index (χ0n) is 14.8. The van der Waals surface area contributed by atoms with Crippen molar-refractivity contribution in [2.75, 3.05) is 12.8 Å². The molecule has 1 aliphatic rings. The molecule has 1 aliphatic heterocycles. The second kappa shape index (κ2) is 8.62. The first kappa shape index (κ1) is 20.4. The van der Waals surface area contributed by atoms with Crippen LogP contribution in [0.1, 0.15) is 31.4 Å². The third kappa shape index (κ3) is 5.79. The zero-order valence-corrected chi connectivity index (χ0v) is 15.6. The molecular weight excluding hydrogens is 362 g/mol. The minimum atomic E-state index is -3.28. The van der Waals surface area contributed by atoms with Gasteiger partial charge >= 0.3 is 6.03 Å². The molecule has 1 N–H and O–H groups in total. The number of rotatable bonds is 5. The van der Waals surface area contributed by atoms with E-state index in [-0.39, 0.29) is 19.4 Å². The molecule has 0 spiro atoms. The van der Waals surface area contributed by atoms with E-state index in [0.29, 0.717) is 0 Å². The first-order valence-electron chi connectivity index (χ1n) is 8.46. The van der Waals surface area contributed by atoms with Crippen molar-refractivity contribution in [2.45, 2.75) is 38.3 Å². The van der Waals surface area contributed by atoms with Crippen LogP contribution in [0.15, 0.2) is 41.8 Å². The number of nitrogens with one attached hydrogen (secondary N) is 1. The molecule has 0 aliphatic carbocycles. The van der Waals surface area contributed by atoms with Crippen LogP contribution in [-0.2, 0) is 9.84 Å². The van der Waals surface area contributed by atoms with Gasteiger partial charge in [0.25, 0.3) is 0 Å². The van der Waals surface area contributed by atoms with Crippen LogP contribution < -0.4 is 5.32 Å². The van der Waals surface area contributed by atoms with Crippen molar-refractivity contribution in [1.82, 2.24) is 10.2 Å². The quantitative estimate of drug-likeness (QED) is 0.844. The van der Waals surface area contributed by atoms with Gasteiger partial charge in [-0.15, -0.1) is 0 Å². The molecule has 3 atom stereocenters. The highest BCUT2D eigenvalue weighted by atomic mass is 32.2. The average Bonchev–Trinajstić information content (AvgIpc) is 2.59. The minimum absolute atomic E-state index is 0.197. The largest absolute Gasteiger partial charge is 0.332 e. The Labute approximate surface area is 153 Å². The van der Waals surface area contributed by atoms with E-state index in [1.807, 2.05) is 30.3 Å². The zero-order chi connectivity index (χ0) is 19.3. The lowest BCUT2D eigenvalue weighted by molar-refractivity contribution is 0.0216. The van der Waals surface area contributed by atoms with Crippen LogP contribution in [-0.4, -0.2) is 44.6 Å². The van der Waals surface area contributed by atoms with Crippen LogP contribution in [0, 0.1) is 5.92 Å². The van der Waals surface area contributed by atoms with Gasteiger partial charge in [-0.3, -0.25) is 0 Å². The van der Waals surface area contributed by atoms with Crippen LogP contribution in [0.25, 0.3) is 0 Å². The Balaban J connectivity index is 2.14. The van der Waals surface area contributed by atoms with E-state index in [1.165, 1.54) is 6.08 Å². The molecule has 1 fully saturated rings. The van der Waals surface area contributed by atoms with Gasteiger partial charge < -0.3 is 10.2 Å². The molecule has 1 aromatic carbocycles. The molecule has 5 nitrogen and oxygen atoms in total. The van der Waals surface area contributed by atoms with Crippen molar-refractivity contribution in [3.05, 3.63) is 47.4 Å². The van der Waals surface area contributed by atoms with Crippen molar-refractivity contribution in [2.24, 2.45) is 5.92 Å². The number of hydrogen-bond acceptors (Lipinski definition) is 3. The summed E-state index contributed by atoms with van der Waals surface area (Å²) in [5.74, 6) is -0.744. The van der Waals surface area contributed by atoms with E-state index < -0.39 is 40.3 Å². The summed E-state index contributed by atoms with van der Waals surface area (Å²) in [5, 5.41) is 3.75. The molecule has 2 amide bonds. The van der Waals surface area contributed by atoms with Crippen LogP contribution in [0.5, 0.6) is 0 Å². The molecule has 0 aromatic heterocycles. The SMILES string of the molecule is CC(/C=C/S(C)(=O)=O)NC(=O)N1CC[C@@H](C(F)F)C[C@H]1c1ccccc1. The summed E-state index contributed by atoms with van der Waals surface area (Å²) >= 11 is 0. The number of piperidine rings is 1. The highest BCUT2D eigenvalue weighted by Gasteiger charge is 2.36. The first-order valence-corrected chi connectivity index (χ1v) is 10.4. The monoisotopic (exact) mass is 386 g/mol. The number of urea groups is 1. The molecule has 1 unspecified atom stereocenters. The van der Waals surface area contributed by atoms with Gasteiger partial charge in [0.15, 0.2) is 9.84 Å². The molecule has 1 aromatic rings. The molecule has 2 rings (SSSR count). The first-order chi connectivity index (χ1) is 12.2. The van der Waals surface area contributed by atoms with Crippen LogP contribution in [0.2, 0.25) is 0 Å². The number of alkyl halides is 2. The fourth-order valence-electron chi connectivity index (χ4n) is 3.04. The van der Waals surface area contributed by atoms with E-state index in [4.69, 9.17) is 0 Å². The van der Waals surface area contributed by atoms with E-state index in [2.05, 4.69) is 5.32 Å². The molecule has 1 saturated heterocycles. The van der Waals surface area contributed by atoms with E-state index >= 15 is 0 Å². The van der Waals surface area contributed by atoms with Crippen molar-refractivity contribution in [1.29, 1.82) is 0 Å². The number of sulfone groups is 1. The second-order valence-electron chi connectivity index (χ2n) is 6.64. The summed E-state index contributed by atoms with van der Waals surface area (Å²) in [6.07, 6.45) is 0.475. The van der Waals surface area contributed by atoms with Gasteiger partial charge in [-0.05, 0) is 25.3 Å². The molecule has 1 heterocycles. The van der Waals surface area contributed by atoms with Gasteiger partial charge in [0, 0.05) is 30.2 Å². The van der Waals surface area contributed by atoms with E-state index in [9.17, 15) is 22.0 Å². The Morgan fingerprint density at radius 1 is 1.31 bits per heavy atom. The Morgan fingerprint density at radius 2 is 1.96 bits per heavy atom. The van der Waals surface area contributed by atoms with Crippen molar-refractivity contribution in [3.8, 4) is 0 Å². The van der Waals surface area contributed by atoms with Crippen molar-refractivity contribution >= 4 is 15.9 Å². The lowest BCUT2D eigenvalue weighted by atomic mass is 9.87. The molecule has 26 heavy (non-hydrogen) atoms. The summed E-state index contributed by atoms with van der Waals surface area (Å²) in [4.78, 5) is 14.2. The number of halogens is 2. The molecule has 8 heteroatoms. The summed E-state index contributed by atoms with van der Waals surface area (Å²) in [7, 11) is -3.28. The van der Waals surface area contributed by atoms with Gasteiger partial charge in [-0.25, -0.2) is 22.0 Å². The number of carbonyl (C=O) groups excluding carboxylic acids is 1. The van der Waals surface area contributed by atoms with Crippen LogP contribution in [0.3, 0.4) is 0 Å². The number of nitrogens with zero attached hydrogens (tertiary/aromatic N) is 1. The van der Waals surface area contributed by atoms with Gasteiger partial charge in [-0.2, -0.15) is 0 Å². The predicted octanol–water partition coefficient (Wildman–Crippen LogP) is 3.36. The maximum Gasteiger partial charge on any atom is 0.318 e. The lowest BCUT2D eigenvalue weighted by Crippen LogP contribution is -2.49. The number of hydrogen-bond donors (Lipinski definition) is 1. The molecule has 144 valence electrons. The minimum Gasteiger partial charge on any atom is -0.332 e.